The van der Waals surface area contributed by atoms with Crippen LogP contribution in [0.4, 0.5) is 0 Å². The molecule has 0 radical (unpaired) electrons. The van der Waals surface area contributed by atoms with Crippen LogP contribution in [-0.4, -0.2) is 25.6 Å². The van der Waals surface area contributed by atoms with Gasteiger partial charge in [0.05, 0.1) is 0 Å². The predicted octanol–water partition coefficient (Wildman–Crippen LogP) is 2.84. The minimum atomic E-state index is 0.482. The highest BCUT2D eigenvalue weighted by atomic mass is 15.2. The van der Waals surface area contributed by atoms with E-state index in [-0.39, 0.29) is 0 Å². The highest BCUT2D eigenvalue weighted by Crippen LogP contribution is 2.19. The highest BCUT2D eigenvalue weighted by molar-refractivity contribution is 5.79. The van der Waals surface area contributed by atoms with Crippen LogP contribution in [-0.2, 0) is 0 Å². The summed E-state index contributed by atoms with van der Waals surface area (Å²) in [5.41, 5.74) is 1.61. The van der Waals surface area contributed by atoms with Crippen LogP contribution in [0.15, 0.2) is 16.6 Å². The van der Waals surface area contributed by atoms with E-state index in [0.29, 0.717) is 6.04 Å². The van der Waals surface area contributed by atoms with Crippen molar-refractivity contribution >= 4 is 5.96 Å². The summed E-state index contributed by atoms with van der Waals surface area (Å²) in [5.74, 6) is 0.927. The zero-order valence-corrected chi connectivity index (χ0v) is 11.6. The summed E-state index contributed by atoms with van der Waals surface area (Å²) in [5, 5.41) is 6.75. The van der Waals surface area contributed by atoms with Gasteiger partial charge in [-0.05, 0) is 45.4 Å². The molecular formula is C14H27N3. The van der Waals surface area contributed by atoms with Crippen molar-refractivity contribution in [2.24, 2.45) is 4.99 Å². The zero-order chi connectivity index (χ0) is 12.5. The zero-order valence-electron chi connectivity index (χ0n) is 11.6. The molecule has 3 nitrogen and oxygen atoms in total. The Balaban J connectivity index is 2.21. The van der Waals surface area contributed by atoms with E-state index in [1.54, 1.807) is 5.57 Å². The van der Waals surface area contributed by atoms with E-state index in [2.05, 4.69) is 35.5 Å². The molecule has 0 spiro atoms. The summed E-state index contributed by atoms with van der Waals surface area (Å²) in [7, 11) is 1.83. The monoisotopic (exact) mass is 237 g/mol. The first kappa shape index (κ1) is 14.1. The van der Waals surface area contributed by atoms with Crippen molar-refractivity contribution in [2.45, 2.75) is 58.4 Å². The summed E-state index contributed by atoms with van der Waals surface area (Å²) < 4.78 is 0. The first-order valence-electron chi connectivity index (χ1n) is 6.91. The molecule has 1 rings (SSSR count). The lowest BCUT2D eigenvalue weighted by Crippen LogP contribution is -2.42. The van der Waals surface area contributed by atoms with Crippen molar-refractivity contribution in [3.05, 3.63) is 11.6 Å². The van der Waals surface area contributed by atoms with Crippen LogP contribution in [0.1, 0.15) is 52.4 Å². The van der Waals surface area contributed by atoms with Crippen LogP contribution in [0.2, 0.25) is 0 Å². The van der Waals surface area contributed by atoms with Gasteiger partial charge in [-0.1, -0.05) is 18.6 Å². The number of guanidine groups is 1. The first-order chi connectivity index (χ1) is 8.26. The molecule has 17 heavy (non-hydrogen) atoms. The second-order valence-corrected chi connectivity index (χ2v) is 4.81. The smallest absolute Gasteiger partial charge is 0.191 e. The average Bonchev–Trinajstić information content (AvgIpc) is 2.38. The topological polar surface area (TPSA) is 36.4 Å². The molecule has 1 aliphatic carbocycles. The van der Waals surface area contributed by atoms with Crippen molar-refractivity contribution < 1.29 is 0 Å². The number of aliphatic imine (C=N–C) groups is 1. The lowest BCUT2D eigenvalue weighted by Gasteiger charge is -2.17. The number of rotatable bonds is 5. The minimum absolute atomic E-state index is 0.482. The van der Waals surface area contributed by atoms with Crippen LogP contribution in [0, 0.1) is 0 Å². The third kappa shape index (κ3) is 5.76. The molecule has 0 aromatic heterocycles. The fraction of sp³-hybridized carbons (Fsp3) is 0.786. The van der Waals surface area contributed by atoms with E-state index >= 15 is 0 Å². The summed E-state index contributed by atoms with van der Waals surface area (Å²) in [6, 6.07) is 0.482. The van der Waals surface area contributed by atoms with E-state index in [1.165, 1.54) is 25.7 Å². The Kier molecular flexibility index (Phi) is 6.75. The first-order valence-corrected chi connectivity index (χ1v) is 6.91. The molecule has 0 bridgehead atoms. The van der Waals surface area contributed by atoms with E-state index in [4.69, 9.17) is 0 Å². The van der Waals surface area contributed by atoms with Crippen molar-refractivity contribution in [3.8, 4) is 0 Å². The van der Waals surface area contributed by atoms with Gasteiger partial charge in [0, 0.05) is 19.6 Å². The number of nitrogens with zero attached hydrogens (tertiary/aromatic N) is 1. The molecule has 0 saturated heterocycles. The second kappa shape index (κ2) is 8.15. The van der Waals surface area contributed by atoms with E-state index in [1.807, 2.05) is 7.05 Å². The molecule has 0 fully saturated rings. The quantitative estimate of drug-likeness (QED) is 0.438. The van der Waals surface area contributed by atoms with Crippen LogP contribution < -0.4 is 10.6 Å². The molecular weight excluding hydrogens is 210 g/mol. The van der Waals surface area contributed by atoms with Gasteiger partial charge in [0.1, 0.15) is 0 Å². The molecule has 2 N–H and O–H groups in total. The Morgan fingerprint density at radius 3 is 2.88 bits per heavy atom. The Morgan fingerprint density at radius 1 is 1.47 bits per heavy atom. The lowest BCUT2D eigenvalue weighted by atomic mass is 9.97. The normalized spacial score (nSPS) is 18.5. The fourth-order valence-corrected chi connectivity index (χ4v) is 2.00. The Bertz CT molecular complexity index is 269. The third-order valence-electron chi connectivity index (χ3n) is 3.34. The van der Waals surface area contributed by atoms with Gasteiger partial charge >= 0.3 is 0 Å². The molecule has 98 valence electrons. The maximum absolute atomic E-state index is 4.23. The summed E-state index contributed by atoms with van der Waals surface area (Å²) >= 11 is 0. The van der Waals surface area contributed by atoms with Gasteiger partial charge in [0.25, 0.3) is 0 Å². The Labute approximate surface area is 106 Å². The van der Waals surface area contributed by atoms with E-state index in [0.717, 1.165) is 25.3 Å². The standard InChI is InChI=1S/C14H27N3/c1-4-12(2)17-14(15-3)16-11-10-13-8-6-5-7-9-13/h8,12H,4-7,9-11H2,1-3H3,(H2,15,16,17). The molecule has 0 aromatic rings. The van der Waals surface area contributed by atoms with Crippen molar-refractivity contribution in [1.29, 1.82) is 0 Å². The molecule has 0 amide bonds. The number of hydrogen-bond acceptors (Lipinski definition) is 1. The van der Waals surface area contributed by atoms with Gasteiger partial charge in [0.15, 0.2) is 5.96 Å². The molecule has 0 aromatic carbocycles. The fourth-order valence-electron chi connectivity index (χ4n) is 2.00. The maximum Gasteiger partial charge on any atom is 0.191 e. The van der Waals surface area contributed by atoms with Gasteiger partial charge in [-0.15, -0.1) is 0 Å². The molecule has 1 unspecified atom stereocenters. The SMILES string of the molecule is CCC(C)NC(=NC)NCCC1=CCCCC1. The third-order valence-corrected chi connectivity index (χ3v) is 3.34. The summed E-state index contributed by atoms with van der Waals surface area (Å²) in [6.07, 6.45) is 9.98. The van der Waals surface area contributed by atoms with Gasteiger partial charge in [-0.2, -0.15) is 0 Å². The van der Waals surface area contributed by atoms with Crippen LogP contribution >= 0.6 is 0 Å². The van der Waals surface area contributed by atoms with E-state index < -0.39 is 0 Å². The van der Waals surface area contributed by atoms with Gasteiger partial charge in [-0.25, -0.2) is 0 Å². The number of hydrogen-bond donors (Lipinski definition) is 2. The van der Waals surface area contributed by atoms with Gasteiger partial charge < -0.3 is 10.6 Å². The summed E-state index contributed by atoms with van der Waals surface area (Å²) in [4.78, 5) is 4.23. The maximum atomic E-state index is 4.23. The van der Waals surface area contributed by atoms with Crippen LogP contribution in [0.3, 0.4) is 0 Å². The second-order valence-electron chi connectivity index (χ2n) is 4.81. The Hall–Kier alpha value is -0.990. The van der Waals surface area contributed by atoms with E-state index in [9.17, 15) is 0 Å². The molecule has 1 atom stereocenters. The molecule has 3 heteroatoms. The number of allylic oxidation sites excluding steroid dienone is 1. The van der Waals surface area contributed by atoms with Crippen LogP contribution in [0.25, 0.3) is 0 Å². The summed E-state index contributed by atoms with van der Waals surface area (Å²) in [6.45, 7) is 5.34. The van der Waals surface area contributed by atoms with Crippen LogP contribution in [0.5, 0.6) is 0 Å². The van der Waals surface area contributed by atoms with Gasteiger partial charge in [0.2, 0.25) is 0 Å². The van der Waals surface area contributed by atoms with Gasteiger partial charge in [-0.3, -0.25) is 4.99 Å². The van der Waals surface area contributed by atoms with Crippen molar-refractivity contribution in [1.82, 2.24) is 10.6 Å². The largest absolute Gasteiger partial charge is 0.356 e. The highest BCUT2D eigenvalue weighted by Gasteiger charge is 2.05. The molecule has 0 saturated carbocycles. The Morgan fingerprint density at radius 2 is 2.29 bits per heavy atom. The molecule has 1 aliphatic rings. The average molecular weight is 237 g/mol. The minimum Gasteiger partial charge on any atom is -0.356 e. The molecule has 0 aliphatic heterocycles. The number of nitrogens with one attached hydrogen (secondary N) is 2. The lowest BCUT2D eigenvalue weighted by molar-refractivity contribution is 0.619. The predicted molar refractivity (Wildman–Crippen MR) is 75.4 cm³/mol. The molecule has 0 heterocycles. The van der Waals surface area contributed by atoms with Crippen molar-refractivity contribution in [2.75, 3.05) is 13.6 Å². The van der Waals surface area contributed by atoms with Crippen molar-refractivity contribution in [3.63, 3.8) is 0 Å².